The molecule has 3 aromatic heterocycles. The predicted octanol–water partition coefficient (Wildman–Crippen LogP) is 11.2. The van der Waals surface area contributed by atoms with Gasteiger partial charge in [0.25, 0.3) is 0 Å². The molecule has 5 nitrogen and oxygen atoms in total. The van der Waals surface area contributed by atoms with Gasteiger partial charge in [0.1, 0.15) is 12.7 Å². The van der Waals surface area contributed by atoms with Crippen LogP contribution in [0.25, 0.3) is 88.3 Å². The van der Waals surface area contributed by atoms with Crippen LogP contribution in [-0.4, -0.2) is 24.1 Å². The standard InChI is InChI=1S/C46H31N5/c1-46(2)37-21-18-28-10-3-4-11-31(28)43(37)34-14-9-17-42(44(34)46)50-38-15-7-5-12-32(38)35-24-29(19-22-40(35)50)30-20-23-41-36(25-30)33-13-6-8-16-39(33)51(41)45-48-26-47-27-49-45/h3-27H,1-2H3. The topological polar surface area (TPSA) is 48.5 Å². The van der Waals surface area contributed by atoms with E-state index in [1.165, 1.54) is 82.4 Å². The zero-order chi connectivity index (χ0) is 33.8. The lowest BCUT2D eigenvalue weighted by Gasteiger charge is -2.25. The molecule has 0 bridgehead atoms. The molecule has 240 valence electrons. The maximum absolute atomic E-state index is 4.49. The smallest absolute Gasteiger partial charge is 0.237 e. The summed E-state index contributed by atoms with van der Waals surface area (Å²) in [5.74, 6) is 0.616. The van der Waals surface area contributed by atoms with E-state index in [0.29, 0.717) is 5.95 Å². The molecule has 0 spiro atoms. The molecule has 0 unspecified atom stereocenters. The summed E-state index contributed by atoms with van der Waals surface area (Å²) in [7, 11) is 0. The number of fused-ring (bicyclic) bond motifs is 11. The van der Waals surface area contributed by atoms with Crippen molar-refractivity contribution in [2.45, 2.75) is 19.3 Å². The van der Waals surface area contributed by atoms with Crippen LogP contribution in [0.5, 0.6) is 0 Å². The number of aromatic nitrogens is 5. The van der Waals surface area contributed by atoms with Crippen molar-refractivity contribution in [2.24, 2.45) is 0 Å². The van der Waals surface area contributed by atoms with Gasteiger partial charge in [-0.1, -0.05) is 111 Å². The van der Waals surface area contributed by atoms with Gasteiger partial charge in [0, 0.05) is 27.0 Å². The summed E-state index contributed by atoms with van der Waals surface area (Å²) in [6.45, 7) is 4.77. The predicted molar refractivity (Wildman–Crippen MR) is 209 cm³/mol. The molecule has 0 aliphatic heterocycles. The molecule has 10 aromatic rings. The summed E-state index contributed by atoms with van der Waals surface area (Å²) >= 11 is 0. The van der Waals surface area contributed by atoms with Crippen LogP contribution < -0.4 is 0 Å². The van der Waals surface area contributed by atoms with Gasteiger partial charge >= 0.3 is 0 Å². The van der Waals surface area contributed by atoms with Gasteiger partial charge in [-0.2, -0.15) is 0 Å². The Bertz CT molecular complexity index is 3060. The average Bonchev–Trinajstić information content (AvgIpc) is 3.78. The van der Waals surface area contributed by atoms with Crippen molar-refractivity contribution in [1.82, 2.24) is 24.1 Å². The Labute approximate surface area is 294 Å². The van der Waals surface area contributed by atoms with Gasteiger partial charge in [-0.15, -0.1) is 0 Å². The van der Waals surface area contributed by atoms with E-state index in [9.17, 15) is 0 Å². The van der Waals surface area contributed by atoms with Gasteiger partial charge in [-0.3, -0.25) is 4.57 Å². The summed E-state index contributed by atoms with van der Waals surface area (Å²) in [5, 5.41) is 7.43. The van der Waals surface area contributed by atoms with Gasteiger partial charge in [-0.05, 0) is 86.6 Å². The molecule has 0 N–H and O–H groups in total. The van der Waals surface area contributed by atoms with Crippen LogP contribution in [0.4, 0.5) is 0 Å². The lowest BCUT2D eigenvalue weighted by Crippen LogP contribution is -2.18. The lowest BCUT2D eigenvalue weighted by atomic mass is 9.81. The first-order valence-electron chi connectivity index (χ1n) is 17.4. The second kappa shape index (κ2) is 10.2. The fourth-order valence-electron chi connectivity index (χ4n) is 8.94. The van der Waals surface area contributed by atoms with Gasteiger partial charge in [0.15, 0.2) is 0 Å². The minimum absolute atomic E-state index is 0.168. The number of para-hydroxylation sites is 2. The molecular weight excluding hydrogens is 623 g/mol. The van der Waals surface area contributed by atoms with E-state index in [1.54, 1.807) is 12.7 Å². The first-order chi connectivity index (χ1) is 25.1. The van der Waals surface area contributed by atoms with Crippen LogP contribution in [0.2, 0.25) is 0 Å². The van der Waals surface area contributed by atoms with E-state index in [0.717, 1.165) is 11.0 Å². The van der Waals surface area contributed by atoms with Gasteiger partial charge < -0.3 is 4.57 Å². The molecule has 0 radical (unpaired) electrons. The van der Waals surface area contributed by atoms with Crippen molar-refractivity contribution in [3.8, 4) is 33.9 Å². The van der Waals surface area contributed by atoms with Gasteiger partial charge in [-0.25, -0.2) is 15.0 Å². The first kappa shape index (κ1) is 28.3. The Hall–Kier alpha value is -6.59. The van der Waals surface area contributed by atoms with E-state index in [1.807, 2.05) is 0 Å². The molecule has 0 atom stereocenters. The van der Waals surface area contributed by atoms with E-state index in [-0.39, 0.29) is 5.41 Å². The zero-order valence-corrected chi connectivity index (χ0v) is 28.2. The summed E-state index contributed by atoms with van der Waals surface area (Å²) in [6, 6.07) is 51.3. The number of hydrogen-bond donors (Lipinski definition) is 0. The largest absolute Gasteiger partial charge is 0.309 e. The SMILES string of the molecule is CC1(C)c2ccc3ccccc3c2-c2cccc(-n3c4ccccc4c4cc(-c5ccc6c(c5)c5ccccc5n6-c5ncncn5)ccc43)c21. The second-order valence-corrected chi connectivity index (χ2v) is 14.1. The second-order valence-electron chi connectivity index (χ2n) is 14.1. The number of rotatable bonds is 3. The summed E-state index contributed by atoms with van der Waals surface area (Å²) in [4.78, 5) is 13.0. The van der Waals surface area contributed by atoms with Crippen LogP contribution in [-0.2, 0) is 5.41 Å². The summed E-state index contributed by atoms with van der Waals surface area (Å²) in [5.41, 5.74) is 13.4. The molecule has 3 heterocycles. The quantitative estimate of drug-likeness (QED) is 0.191. The Balaban J connectivity index is 1.13. The van der Waals surface area contributed by atoms with E-state index in [2.05, 4.69) is 177 Å². The fraction of sp³-hybridized carbons (Fsp3) is 0.0652. The number of nitrogens with zero attached hydrogens (tertiary/aromatic N) is 5. The number of benzene rings is 7. The van der Waals surface area contributed by atoms with Crippen LogP contribution in [0, 0.1) is 0 Å². The third kappa shape index (κ3) is 3.83. The molecule has 0 fully saturated rings. The molecular formula is C46H31N5. The van der Waals surface area contributed by atoms with Crippen LogP contribution in [0.3, 0.4) is 0 Å². The van der Waals surface area contributed by atoms with Crippen molar-refractivity contribution in [1.29, 1.82) is 0 Å². The Kier molecular flexibility index (Phi) is 5.66. The highest BCUT2D eigenvalue weighted by Crippen LogP contribution is 2.54. The average molecular weight is 654 g/mol. The minimum atomic E-state index is -0.168. The van der Waals surface area contributed by atoms with Crippen molar-refractivity contribution >= 4 is 54.4 Å². The maximum atomic E-state index is 4.49. The maximum Gasteiger partial charge on any atom is 0.237 e. The molecule has 7 aromatic carbocycles. The van der Waals surface area contributed by atoms with Gasteiger partial charge in [0.05, 0.1) is 27.8 Å². The third-order valence-electron chi connectivity index (χ3n) is 11.1. The van der Waals surface area contributed by atoms with Crippen molar-refractivity contribution in [2.75, 3.05) is 0 Å². The molecule has 11 rings (SSSR count). The normalized spacial score (nSPS) is 13.5. The number of hydrogen-bond acceptors (Lipinski definition) is 3. The highest BCUT2D eigenvalue weighted by Gasteiger charge is 2.39. The summed E-state index contributed by atoms with van der Waals surface area (Å²) < 4.78 is 4.61. The Morgan fingerprint density at radius 2 is 1.08 bits per heavy atom. The van der Waals surface area contributed by atoms with E-state index < -0.39 is 0 Å². The summed E-state index contributed by atoms with van der Waals surface area (Å²) in [6.07, 6.45) is 3.10. The molecule has 0 saturated heterocycles. The molecule has 0 amide bonds. The monoisotopic (exact) mass is 653 g/mol. The molecule has 5 heteroatoms. The van der Waals surface area contributed by atoms with E-state index in [4.69, 9.17) is 0 Å². The third-order valence-corrected chi connectivity index (χ3v) is 11.1. The van der Waals surface area contributed by atoms with Crippen molar-refractivity contribution < 1.29 is 0 Å². The van der Waals surface area contributed by atoms with Gasteiger partial charge in [0.2, 0.25) is 5.95 Å². The molecule has 1 aliphatic carbocycles. The van der Waals surface area contributed by atoms with Crippen molar-refractivity contribution in [3.63, 3.8) is 0 Å². The fourth-order valence-corrected chi connectivity index (χ4v) is 8.94. The van der Waals surface area contributed by atoms with Crippen molar-refractivity contribution in [3.05, 3.63) is 163 Å². The van der Waals surface area contributed by atoms with Crippen LogP contribution in [0.1, 0.15) is 25.0 Å². The Morgan fingerprint density at radius 3 is 1.78 bits per heavy atom. The lowest BCUT2D eigenvalue weighted by molar-refractivity contribution is 0.657. The Morgan fingerprint density at radius 1 is 0.490 bits per heavy atom. The zero-order valence-electron chi connectivity index (χ0n) is 28.2. The highest BCUT2D eigenvalue weighted by atomic mass is 15.2. The highest BCUT2D eigenvalue weighted by molar-refractivity contribution is 6.13. The molecule has 1 aliphatic rings. The van der Waals surface area contributed by atoms with E-state index >= 15 is 0 Å². The minimum Gasteiger partial charge on any atom is -0.309 e. The van der Waals surface area contributed by atoms with Crippen LogP contribution in [0.15, 0.2) is 152 Å². The first-order valence-corrected chi connectivity index (χ1v) is 17.4. The van der Waals surface area contributed by atoms with Crippen LogP contribution >= 0.6 is 0 Å². The molecule has 51 heavy (non-hydrogen) atoms. The molecule has 0 saturated carbocycles.